The highest BCUT2D eigenvalue weighted by Gasteiger charge is 2.34. The molecule has 1 atom stereocenters. The van der Waals surface area contributed by atoms with Crippen molar-refractivity contribution in [2.24, 2.45) is 5.92 Å². The summed E-state index contributed by atoms with van der Waals surface area (Å²) < 4.78 is 5.15. The van der Waals surface area contributed by atoms with Gasteiger partial charge in [0, 0.05) is 43.9 Å². The maximum Gasteiger partial charge on any atom is 0.308 e. The Bertz CT molecular complexity index is 685. The molecule has 3 heterocycles. The fraction of sp³-hybridized carbons (Fsp3) is 0.357. The molecule has 2 aromatic rings. The Labute approximate surface area is 125 Å². The topological polar surface area (TPSA) is 109 Å². The van der Waals surface area contributed by atoms with Gasteiger partial charge in [-0.1, -0.05) is 5.16 Å². The first-order valence-corrected chi connectivity index (χ1v) is 6.87. The van der Waals surface area contributed by atoms with Crippen LogP contribution in [0.1, 0.15) is 12.3 Å². The molecule has 1 amide bonds. The van der Waals surface area contributed by atoms with E-state index in [9.17, 15) is 9.59 Å². The summed E-state index contributed by atoms with van der Waals surface area (Å²) in [6.45, 7) is 0.606. The van der Waals surface area contributed by atoms with Crippen LogP contribution < -0.4 is 0 Å². The van der Waals surface area contributed by atoms with E-state index in [1.807, 2.05) is 6.07 Å². The van der Waals surface area contributed by atoms with Gasteiger partial charge < -0.3 is 14.5 Å². The minimum absolute atomic E-state index is 0.0557. The lowest BCUT2D eigenvalue weighted by atomic mass is 10.1. The number of carboxylic acid groups (broad SMARTS) is 1. The Morgan fingerprint density at radius 1 is 1.50 bits per heavy atom. The smallest absolute Gasteiger partial charge is 0.308 e. The number of aromatic nitrogens is 3. The van der Waals surface area contributed by atoms with Crippen molar-refractivity contribution in [3.8, 4) is 11.4 Å². The molecule has 0 aliphatic carbocycles. The number of hydrogen-bond acceptors (Lipinski definition) is 6. The number of carbonyl (C=O) groups excluding carboxylic acids is 1. The molecule has 2 aromatic heterocycles. The van der Waals surface area contributed by atoms with Gasteiger partial charge in [0.25, 0.3) is 0 Å². The SMILES string of the molecule is O=C(O)C1CC(=O)N(CCc2nc(-c3cccnc3)no2)C1. The van der Waals surface area contributed by atoms with Gasteiger partial charge in [0.2, 0.25) is 17.6 Å². The molecule has 0 bridgehead atoms. The molecule has 0 saturated carbocycles. The molecular formula is C14H14N4O4. The van der Waals surface area contributed by atoms with Crippen molar-refractivity contribution in [3.05, 3.63) is 30.4 Å². The van der Waals surface area contributed by atoms with Gasteiger partial charge in [0.15, 0.2) is 0 Å². The van der Waals surface area contributed by atoms with Gasteiger partial charge >= 0.3 is 5.97 Å². The van der Waals surface area contributed by atoms with Crippen molar-refractivity contribution in [2.75, 3.05) is 13.1 Å². The number of amides is 1. The second kappa shape index (κ2) is 5.92. The zero-order valence-corrected chi connectivity index (χ0v) is 11.7. The molecular weight excluding hydrogens is 288 g/mol. The monoisotopic (exact) mass is 302 g/mol. The Morgan fingerprint density at radius 2 is 2.36 bits per heavy atom. The van der Waals surface area contributed by atoms with Crippen LogP contribution in [0.3, 0.4) is 0 Å². The van der Waals surface area contributed by atoms with Crippen LogP contribution in [0.2, 0.25) is 0 Å². The third kappa shape index (κ3) is 2.95. The third-order valence-corrected chi connectivity index (χ3v) is 3.55. The van der Waals surface area contributed by atoms with Crippen LogP contribution in [0.25, 0.3) is 11.4 Å². The Kier molecular flexibility index (Phi) is 3.82. The molecule has 1 aliphatic heterocycles. The maximum atomic E-state index is 11.7. The lowest BCUT2D eigenvalue weighted by Gasteiger charge is -2.14. The van der Waals surface area contributed by atoms with E-state index in [0.29, 0.717) is 24.7 Å². The minimum Gasteiger partial charge on any atom is -0.481 e. The molecule has 1 N–H and O–H groups in total. The zero-order chi connectivity index (χ0) is 15.5. The standard InChI is InChI=1S/C14H14N4O4/c19-12-6-10(14(20)21)8-18(12)5-3-11-16-13(17-22-11)9-2-1-4-15-7-9/h1-2,4,7,10H,3,5-6,8H2,(H,20,21). The molecule has 0 radical (unpaired) electrons. The van der Waals surface area contributed by atoms with Gasteiger partial charge in [-0.05, 0) is 12.1 Å². The van der Waals surface area contributed by atoms with Gasteiger partial charge in [-0.25, -0.2) is 0 Å². The lowest BCUT2D eigenvalue weighted by Crippen LogP contribution is -2.28. The van der Waals surface area contributed by atoms with Crippen LogP contribution in [-0.2, 0) is 16.0 Å². The fourth-order valence-corrected chi connectivity index (χ4v) is 2.35. The first kappa shape index (κ1) is 14.2. The summed E-state index contributed by atoms with van der Waals surface area (Å²) >= 11 is 0. The van der Waals surface area contributed by atoms with Crippen LogP contribution in [-0.4, -0.2) is 50.1 Å². The third-order valence-electron chi connectivity index (χ3n) is 3.55. The van der Waals surface area contributed by atoms with Gasteiger partial charge in [0.05, 0.1) is 5.92 Å². The normalized spacial score (nSPS) is 17.9. The summed E-state index contributed by atoms with van der Waals surface area (Å²) in [5.74, 6) is -0.863. The molecule has 8 nitrogen and oxygen atoms in total. The molecule has 3 rings (SSSR count). The highest BCUT2D eigenvalue weighted by Crippen LogP contribution is 2.19. The minimum atomic E-state index is -0.937. The van der Waals surface area contributed by atoms with Gasteiger partial charge in [-0.3, -0.25) is 14.6 Å². The summed E-state index contributed by atoms with van der Waals surface area (Å²) in [5.41, 5.74) is 0.751. The van der Waals surface area contributed by atoms with Crippen LogP contribution in [0.5, 0.6) is 0 Å². The molecule has 1 aliphatic rings. The average Bonchev–Trinajstić information content (AvgIpc) is 3.13. The quantitative estimate of drug-likeness (QED) is 0.861. The van der Waals surface area contributed by atoms with Crippen molar-refractivity contribution in [2.45, 2.75) is 12.8 Å². The van der Waals surface area contributed by atoms with Gasteiger partial charge in [-0.2, -0.15) is 4.98 Å². The summed E-state index contributed by atoms with van der Waals surface area (Å²) in [6.07, 6.45) is 3.74. The van der Waals surface area contributed by atoms with Crippen molar-refractivity contribution >= 4 is 11.9 Å². The van der Waals surface area contributed by atoms with Crippen molar-refractivity contribution in [1.82, 2.24) is 20.0 Å². The number of hydrogen-bond donors (Lipinski definition) is 1. The number of carboxylic acids is 1. The van der Waals surface area contributed by atoms with Crippen LogP contribution >= 0.6 is 0 Å². The number of aliphatic carboxylic acids is 1. The Hall–Kier alpha value is -2.77. The van der Waals surface area contributed by atoms with Gasteiger partial charge in [-0.15, -0.1) is 0 Å². The summed E-state index contributed by atoms with van der Waals surface area (Å²) in [4.78, 5) is 32.4. The van der Waals surface area contributed by atoms with Crippen molar-refractivity contribution in [3.63, 3.8) is 0 Å². The Balaban J connectivity index is 1.60. The highest BCUT2D eigenvalue weighted by atomic mass is 16.5. The predicted molar refractivity (Wildman–Crippen MR) is 73.6 cm³/mol. The largest absolute Gasteiger partial charge is 0.481 e. The van der Waals surface area contributed by atoms with Crippen LogP contribution in [0.15, 0.2) is 29.0 Å². The number of rotatable bonds is 5. The second-order valence-corrected chi connectivity index (χ2v) is 5.08. The van der Waals surface area contributed by atoms with E-state index >= 15 is 0 Å². The van der Waals surface area contributed by atoms with Crippen LogP contribution in [0, 0.1) is 5.92 Å². The molecule has 0 spiro atoms. The number of pyridine rings is 1. The van der Waals surface area contributed by atoms with E-state index in [1.54, 1.807) is 18.5 Å². The van der Waals surface area contributed by atoms with E-state index in [4.69, 9.17) is 9.63 Å². The first-order chi connectivity index (χ1) is 10.6. The molecule has 114 valence electrons. The molecule has 1 fully saturated rings. The van der Waals surface area contributed by atoms with E-state index in [1.165, 1.54) is 4.90 Å². The number of nitrogens with zero attached hydrogens (tertiary/aromatic N) is 4. The summed E-state index contributed by atoms with van der Waals surface area (Å²) in [5, 5.41) is 12.8. The fourth-order valence-electron chi connectivity index (χ4n) is 2.35. The van der Waals surface area contributed by atoms with Crippen molar-refractivity contribution < 1.29 is 19.2 Å². The summed E-state index contributed by atoms with van der Waals surface area (Å²) in [7, 11) is 0. The average molecular weight is 302 g/mol. The van der Waals surface area contributed by atoms with E-state index in [2.05, 4.69) is 15.1 Å². The zero-order valence-electron chi connectivity index (χ0n) is 11.7. The van der Waals surface area contributed by atoms with E-state index in [-0.39, 0.29) is 18.9 Å². The molecule has 0 aromatic carbocycles. The number of likely N-dealkylation sites (tertiary alicyclic amines) is 1. The van der Waals surface area contributed by atoms with Crippen molar-refractivity contribution in [1.29, 1.82) is 0 Å². The van der Waals surface area contributed by atoms with E-state index < -0.39 is 11.9 Å². The number of carbonyl (C=O) groups is 2. The lowest BCUT2D eigenvalue weighted by molar-refractivity contribution is -0.141. The first-order valence-electron chi connectivity index (χ1n) is 6.87. The molecule has 1 saturated heterocycles. The Morgan fingerprint density at radius 3 is 3.05 bits per heavy atom. The second-order valence-electron chi connectivity index (χ2n) is 5.08. The maximum absolute atomic E-state index is 11.7. The predicted octanol–water partition coefficient (Wildman–Crippen LogP) is 0.607. The van der Waals surface area contributed by atoms with Crippen LogP contribution in [0.4, 0.5) is 0 Å². The van der Waals surface area contributed by atoms with Gasteiger partial charge in [0.1, 0.15) is 0 Å². The molecule has 22 heavy (non-hydrogen) atoms. The summed E-state index contributed by atoms with van der Waals surface area (Å²) in [6, 6.07) is 3.60. The molecule has 1 unspecified atom stereocenters. The highest BCUT2D eigenvalue weighted by molar-refractivity contribution is 5.86. The molecule has 8 heteroatoms. The van der Waals surface area contributed by atoms with E-state index in [0.717, 1.165) is 5.56 Å².